The fourth-order valence-corrected chi connectivity index (χ4v) is 3.79. The number of methoxy groups -OCH3 is 1. The van der Waals surface area contributed by atoms with Crippen LogP contribution in [0.5, 0.6) is 11.5 Å². The summed E-state index contributed by atoms with van der Waals surface area (Å²) >= 11 is 0. The number of ether oxygens (including phenoxy) is 2. The molecule has 1 heterocycles. The van der Waals surface area contributed by atoms with E-state index in [0.717, 1.165) is 22.0 Å². The molecule has 1 unspecified atom stereocenters. The van der Waals surface area contributed by atoms with Crippen molar-refractivity contribution in [3.8, 4) is 11.5 Å². The van der Waals surface area contributed by atoms with Gasteiger partial charge in [-0.15, -0.1) is 0 Å². The molecule has 3 aromatic carbocycles. The van der Waals surface area contributed by atoms with E-state index in [-0.39, 0.29) is 19.0 Å². The number of hydrogen-bond donors (Lipinski definition) is 3. The Hall–Kier alpha value is -3.84. The fraction of sp³-hybridized carbons (Fsp3) is 0.192. The Bertz CT molecular complexity index is 1250. The minimum Gasteiger partial charge on any atom is -0.493 e. The van der Waals surface area contributed by atoms with Crippen molar-refractivity contribution in [1.29, 1.82) is 0 Å². The van der Waals surface area contributed by atoms with Crippen LogP contribution < -0.4 is 14.8 Å². The number of H-pyrrole nitrogens is 1. The van der Waals surface area contributed by atoms with Gasteiger partial charge in [-0.1, -0.05) is 48.5 Å². The van der Waals surface area contributed by atoms with Gasteiger partial charge < -0.3 is 19.6 Å². The van der Waals surface area contributed by atoms with Crippen molar-refractivity contribution in [3.63, 3.8) is 0 Å². The van der Waals surface area contributed by atoms with E-state index >= 15 is 0 Å². The van der Waals surface area contributed by atoms with Crippen molar-refractivity contribution in [3.05, 3.63) is 95.4 Å². The van der Waals surface area contributed by atoms with Crippen molar-refractivity contribution in [1.82, 2.24) is 10.3 Å². The largest absolute Gasteiger partial charge is 0.493 e. The molecule has 4 aromatic rings. The van der Waals surface area contributed by atoms with Crippen molar-refractivity contribution < 1.29 is 23.8 Å². The van der Waals surface area contributed by atoms with E-state index in [9.17, 15) is 14.3 Å². The van der Waals surface area contributed by atoms with E-state index in [1.165, 1.54) is 13.2 Å². The van der Waals surface area contributed by atoms with Gasteiger partial charge in [0.15, 0.2) is 11.5 Å². The summed E-state index contributed by atoms with van der Waals surface area (Å²) in [6.45, 7) is 0.265. The van der Waals surface area contributed by atoms with E-state index < -0.39 is 12.0 Å². The highest BCUT2D eigenvalue weighted by atomic mass is 19.1. The lowest BCUT2D eigenvalue weighted by Gasteiger charge is -2.18. The highest BCUT2D eigenvalue weighted by Crippen LogP contribution is 2.32. The van der Waals surface area contributed by atoms with Gasteiger partial charge in [-0.3, -0.25) is 10.1 Å². The number of rotatable bonds is 10. The number of halogens is 1. The van der Waals surface area contributed by atoms with E-state index in [0.29, 0.717) is 23.5 Å². The highest BCUT2D eigenvalue weighted by Gasteiger charge is 2.21. The minimum absolute atomic E-state index is 0.0255. The van der Waals surface area contributed by atoms with E-state index in [1.807, 2.05) is 36.5 Å². The van der Waals surface area contributed by atoms with Crippen LogP contribution in [0.1, 0.15) is 16.7 Å². The van der Waals surface area contributed by atoms with Crippen LogP contribution in [0.3, 0.4) is 0 Å². The molecule has 0 saturated carbocycles. The van der Waals surface area contributed by atoms with E-state index in [4.69, 9.17) is 9.47 Å². The maximum absolute atomic E-state index is 14.0. The molecule has 0 aliphatic heterocycles. The number of carboxylic acid groups (broad SMARTS) is 1. The van der Waals surface area contributed by atoms with Crippen LogP contribution in [0, 0.1) is 5.82 Å². The van der Waals surface area contributed by atoms with Gasteiger partial charge in [-0.2, -0.15) is 0 Å². The molecular weight excluding hydrogens is 423 g/mol. The number of aliphatic carboxylic acids is 1. The van der Waals surface area contributed by atoms with Crippen LogP contribution >= 0.6 is 0 Å². The zero-order valence-electron chi connectivity index (χ0n) is 18.2. The first kappa shape index (κ1) is 22.4. The van der Waals surface area contributed by atoms with Gasteiger partial charge in [0.05, 0.1) is 7.11 Å². The summed E-state index contributed by atoms with van der Waals surface area (Å²) in [6, 6.07) is 18.8. The van der Waals surface area contributed by atoms with Gasteiger partial charge in [-0.25, -0.2) is 4.39 Å². The monoisotopic (exact) mass is 448 g/mol. The van der Waals surface area contributed by atoms with Gasteiger partial charge in [0.1, 0.15) is 18.5 Å². The number of aromatic amines is 1. The summed E-state index contributed by atoms with van der Waals surface area (Å²) in [6.07, 6.45) is 2.16. The molecule has 3 N–H and O–H groups in total. The fourth-order valence-electron chi connectivity index (χ4n) is 3.79. The standard InChI is InChI=1S/C26H25FN2O4/c1-32-24-12-6-8-17(25(24)33-16-18-7-2-4-10-21(18)27)14-29-23(26(30)31)13-19-15-28-22-11-5-3-9-20(19)22/h2-12,15,23,28-29H,13-14,16H2,1H3,(H,30,31). The predicted molar refractivity (Wildman–Crippen MR) is 124 cm³/mol. The van der Waals surface area contributed by atoms with Crippen LogP contribution in [0.25, 0.3) is 10.9 Å². The number of para-hydroxylation sites is 2. The highest BCUT2D eigenvalue weighted by molar-refractivity contribution is 5.84. The second-order valence-electron chi connectivity index (χ2n) is 7.66. The van der Waals surface area contributed by atoms with Crippen LogP contribution in [0.2, 0.25) is 0 Å². The SMILES string of the molecule is COc1cccc(CNC(Cc2c[nH]c3ccccc23)C(=O)O)c1OCc1ccccc1F. The normalized spacial score (nSPS) is 11.9. The minimum atomic E-state index is -0.947. The van der Waals surface area contributed by atoms with Gasteiger partial charge in [-0.05, 0) is 23.8 Å². The Morgan fingerprint density at radius 2 is 1.79 bits per heavy atom. The first-order valence-electron chi connectivity index (χ1n) is 10.6. The Morgan fingerprint density at radius 1 is 1.03 bits per heavy atom. The van der Waals surface area contributed by atoms with E-state index in [2.05, 4.69) is 10.3 Å². The Kier molecular flexibility index (Phi) is 6.90. The number of fused-ring (bicyclic) bond motifs is 1. The topological polar surface area (TPSA) is 83.6 Å². The zero-order valence-corrected chi connectivity index (χ0v) is 18.2. The molecule has 0 radical (unpaired) electrons. The van der Waals surface area contributed by atoms with Crippen LogP contribution in [0.15, 0.2) is 72.9 Å². The predicted octanol–water partition coefficient (Wildman–Crippen LogP) is 4.68. The number of carboxylic acids is 1. The first-order valence-corrected chi connectivity index (χ1v) is 10.6. The second kappa shape index (κ2) is 10.2. The third-order valence-electron chi connectivity index (χ3n) is 5.55. The van der Waals surface area contributed by atoms with Crippen LogP contribution in [0.4, 0.5) is 4.39 Å². The number of benzene rings is 3. The summed E-state index contributed by atoms with van der Waals surface area (Å²) in [7, 11) is 1.53. The summed E-state index contributed by atoms with van der Waals surface area (Å²) in [5.41, 5.74) is 3.03. The van der Waals surface area contributed by atoms with Crippen molar-refractivity contribution in [2.24, 2.45) is 0 Å². The Morgan fingerprint density at radius 3 is 2.58 bits per heavy atom. The van der Waals surface area contributed by atoms with Crippen molar-refractivity contribution >= 4 is 16.9 Å². The molecule has 170 valence electrons. The third kappa shape index (κ3) is 5.15. The maximum atomic E-state index is 14.0. The molecule has 0 aliphatic rings. The quantitative estimate of drug-likeness (QED) is 0.328. The average Bonchev–Trinajstić information content (AvgIpc) is 3.24. The molecule has 1 aromatic heterocycles. The summed E-state index contributed by atoms with van der Waals surface area (Å²) in [4.78, 5) is 15.1. The Balaban J connectivity index is 1.51. The van der Waals surface area contributed by atoms with Crippen molar-refractivity contribution in [2.45, 2.75) is 25.6 Å². The molecule has 0 amide bonds. The molecule has 0 bridgehead atoms. The summed E-state index contributed by atoms with van der Waals surface area (Å²) in [5, 5.41) is 13.9. The summed E-state index contributed by atoms with van der Waals surface area (Å²) < 4.78 is 25.4. The van der Waals surface area contributed by atoms with Gasteiger partial charge in [0.2, 0.25) is 0 Å². The molecule has 1 atom stereocenters. The second-order valence-corrected chi connectivity index (χ2v) is 7.66. The molecule has 0 fully saturated rings. The smallest absolute Gasteiger partial charge is 0.321 e. The lowest BCUT2D eigenvalue weighted by Crippen LogP contribution is -2.38. The summed E-state index contributed by atoms with van der Waals surface area (Å²) in [5.74, 6) is -0.352. The lowest BCUT2D eigenvalue weighted by atomic mass is 10.0. The molecule has 4 rings (SSSR count). The van der Waals surface area contributed by atoms with Gasteiger partial charge in [0.25, 0.3) is 0 Å². The number of hydrogen-bond acceptors (Lipinski definition) is 4. The first-order chi connectivity index (χ1) is 16.1. The van der Waals surface area contributed by atoms with E-state index in [1.54, 1.807) is 30.3 Å². The number of aromatic nitrogens is 1. The average molecular weight is 448 g/mol. The van der Waals surface area contributed by atoms with Gasteiger partial charge >= 0.3 is 5.97 Å². The zero-order chi connectivity index (χ0) is 23.2. The molecule has 33 heavy (non-hydrogen) atoms. The third-order valence-corrected chi connectivity index (χ3v) is 5.55. The Labute approximate surface area is 191 Å². The number of carbonyl (C=O) groups is 1. The lowest BCUT2D eigenvalue weighted by molar-refractivity contribution is -0.139. The molecule has 0 spiro atoms. The molecule has 0 saturated heterocycles. The van der Waals surface area contributed by atoms with Crippen molar-refractivity contribution in [2.75, 3.05) is 7.11 Å². The number of nitrogens with one attached hydrogen (secondary N) is 2. The maximum Gasteiger partial charge on any atom is 0.321 e. The van der Waals surface area contributed by atoms with Crippen LogP contribution in [-0.2, 0) is 24.4 Å². The molecule has 6 nitrogen and oxygen atoms in total. The molecular formula is C26H25FN2O4. The van der Waals surface area contributed by atoms with Gasteiger partial charge in [0, 0.05) is 41.2 Å². The molecule has 7 heteroatoms. The molecule has 0 aliphatic carbocycles. The van der Waals surface area contributed by atoms with Crippen LogP contribution in [-0.4, -0.2) is 29.2 Å².